The van der Waals surface area contributed by atoms with Crippen LogP contribution in [0.4, 0.5) is 0 Å². The van der Waals surface area contributed by atoms with Crippen LogP contribution in [0.3, 0.4) is 0 Å². The molecule has 0 bridgehead atoms. The lowest BCUT2D eigenvalue weighted by Crippen LogP contribution is -2.37. The fraction of sp³-hybridized carbons (Fsp3) is 0.667. The fourth-order valence-corrected chi connectivity index (χ4v) is 2.99. The van der Waals surface area contributed by atoms with Crippen LogP contribution in [0.1, 0.15) is 60.3 Å². The number of aromatic nitrogens is 2. The van der Waals surface area contributed by atoms with Crippen molar-refractivity contribution in [1.29, 1.82) is 0 Å². The Morgan fingerprint density at radius 1 is 1.24 bits per heavy atom. The molecule has 0 aromatic carbocycles. The van der Waals surface area contributed by atoms with Gasteiger partial charge in [-0.3, -0.25) is 9.48 Å². The molecule has 1 aliphatic carbocycles. The number of nitrogens with zero attached hydrogens (tertiary/aromatic N) is 2. The van der Waals surface area contributed by atoms with E-state index in [1.807, 2.05) is 0 Å². The highest BCUT2D eigenvalue weighted by molar-refractivity contribution is 5.90. The number of rotatable bonds is 4. The van der Waals surface area contributed by atoms with Crippen molar-refractivity contribution in [1.82, 2.24) is 15.1 Å². The summed E-state index contributed by atoms with van der Waals surface area (Å²) in [5, 5.41) is 16.3. The molecule has 21 heavy (non-hydrogen) atoms. The van der Waals surface area contributed by atoms with E-state index in [2.05, 4.69) is 10.4 Å². The maximum atomic E-state index is 12.1. The molecule has 1 aromatic heterocycles. The molecule has 0 atom stereocenters. The number of carbonyl (C=O) groups is 2. The third-order valence-electron chi connectivity index (χ3n) is 4.11. The Hall–Kier alpha value is -1.85. The van der Waals surface area contributed by atoms with Gasteiger partial charge in [-0.1, -0.05) is 25.7 Å². The highest BCUT2D eigenvalue weighted by Gasteiger charge is 2.20. The first-order valence-corrected chi connectivity index (χ1v) is 7.55. The average Bonchev–Trinajstić information content (AvgIpc) is 2.58. The van der Waals surface area contributed by atoms with Gasteiger partial charge in [-0.15, -0.1) is 0 Å². The van der Waals surface area contributed by atoms with E-state index >= 15 is 0 Å². The monoisotopic (exact) mass is 293 g/mol. The molecule has 0 aliphatic heterocycles. The van der Waals surface area contributed by atoms with Crippen molar-refractivity contribution in [3.8, 4) is 0 Å². The van der Waals surface area contributed by atoms with E-state index in [1.165, 1.54) is 17.5 Å². The van der Waals surface area contributed by atoms with Gasteiger partial charge in [-0.05, 0) is 26.7 Å². The van der Waals surface area contributed by atoms with Crippen LogP contribution in [0.25, 0.3) is 0 Å². The standard InChI is InChI=1S/C15H23N3O3/c1-10-14(15(20)21)11(2)18(17-10)9-13(19)16-12-7-5-3-4-6-8-12/h12H,3-9H2,1-2H3,(H,16,19)(H,20,21). The SMILES string of the molecule is Cc1nn(CC(=O)NC2CCCCCC2)c(C)c1C(=O)O. The van der Waals surface area contributed by atoms with Gasteiger partial charge >= 0.3 is 5.97 Å². The fourth-order valence-electron chi connectivity index (χ4n) is 2.99. The molecule has 6 nitrogen and oxygen atoms in total. The molecule has 1 fully saturated rings. The zero-order valence-electron chi connectivity index (χ0n) is 12.7. The van der Waals surface area contributed by atoms with E-state index in [9.17, 15) is 9.59 Å². The summed E-state index contributed by atoms with van der Waals surface area (Å²) in [6.45, 7) is 3.41. The van der Waals surface area contributed by atoms with E-state index in [-0.39, 0.29) is 24.1 Å². The second-order valence-electron chi connectivity index (χ2n) is 5.76. The number of carboxylic acid groups (broad SMARTS) is 1. The van der Waals surface area contributed by atoms with Crippen molar-refractivity contribution < 1.29 is 14.7 Å². The minimum atomic E-state index is -1.000. The summed E-state index contributed by atoms with van der Waals surface area (Å²) in [5.41, 5.74) is 1.16. The summed E-state index contributed by atoms with van der Waals surface area (Å²) >= 11 is 0. The van der Waals surface area contributed by atoms with Crippen LogP contribution in [-0.4, -0.2) is 32.8 Å². The summed E-state index contributed by atoms with van der Waals surface area (Å²) in [7, 11) is 0. The van der Waals surface area contributed by atoms with Crippen molar-refractivity contribution in [3.63, 3.8) is 0 Å². The molecule has 0 spiro atoms. The molecule has 1 aliphatic rings. The number of aryl methyl sites for hydroxylation is 1. The predicted octanol–water partition coefficient (Wildman–Crippen LogP) is 2.04. The van der Waals surface area contributed by atoms with Crippen LogP contribution >= 0.6 is 0 Å². The van der Waals surface area contributed by atoms with Crippen LogP contribution in [0.2, 0.25) is 0 Å². The Morgan fingerprint density at radius 2 is 1.86 bits per heavy atom. The Morgan fingerprint density at radius 3 is 2.38 bits per heavy atom. The van der Waals surface area contributed by atoms with Crippen LogP contribution in [-0.2, 0) is 11.3 Å². The predicted molar refractivity (Wildman–Crippen MR) is 78.3 cm³/mol. The Kier molecular flexibility index (Phi) is 4.98. The van der Waals surface area contributed by atoms with Gasteiger partial charge in [-0.2, -0.15) is 5.10 Å². The van der Waals surface area contributed by atoms with Gasteiger partial charge in [-0.25, -0.2) is 4.79 Å². The van der Waals surface area contributed by atoms with Gasteiger partial charge < -0.3 is 10.4 Å². The van der Waals surface area contributed by atoms with Crippen molar-refractivity contribution in [2.24, 2.45) is 0 Å². The molecule has 6 heteroatoms. The molecule has 0 unspecified atom stereocenters. The molecule has 0 radical (unpaired) electrons. The second-order valence-corrected chi connectivity index (χ2v) is 5.76. The number of hydrogen-bond acceptors (Lipinski definition) is 3. The van der Waals surface area contributed by atoms with Gasteiger partial charge in [0.05, 0.1) is 11.4 Å². The Bertz CT molecular complexity index is 529. The molecule has 1 amide bonds. The third kappa shape index (κ3) is 3.83. The molecule has 1 saturated carbocycles. The van der Waals surface area contributed by atoms with Gasteiger partial charge in [0.2, 0.25) is 5.91 Å². The first-order chi connectivity index (χ1) is 9.99. The van der Waals surface area contributed by atoms with E-state index < -0.39 is 5.97 Å². The average molecular weight is 293 g/mol. The van der Waals surface area contributed by atoms with E-state index in [0.717, 1.165) is 25.7 Å². The highest BCUT2D eigenvalue weighted by Crippen LogP contribution is 2.17. The lowest BCUT2D eigenvalue weighted by atomic mass is 10.1. The Labute approximate surface area is 124 Å². The number of carbonyl (C=O) groups excluding carboxylic acids is 1. The van der Waals surface area contributed by atoms with Crippen LogP contribution in [0.5, 0.6) is 0 Å². The van der Waals surface area contributed by atoms with Crippen LogP contribution < -0.4 is 5.32 Å². The number of aromatic carboxylic acids is 1. The lowest BCUT2D eigenvalue weighted by molar-refractivity contribution is -0.122. The number of nitrogens with one attached hydrogen (secondary N) is 1. The minimum absolute atomic E-state index is 0.0798. The molecule has 2 N–H and O–H groups in total. The lowest BCUT2D eigenvalue weighted by Gasteiger charge is -2.16. The topological polar surface area (TPSA) is 84.2 Å². The van der Waals surface area contributed by atoms with E-state index in [4.69, 9.17) is 5.11 Å². The van der Waals surface area contributed by atoms with Crippen LogP contribution in [0.15, 0.2) is 0 Å². The molecule has 2 rings (SSSR count). The zero-order chi connectivity index (χ0) is 15.4. The van der Waals surface area contributed by atoms with Crippen molar-refractivity contribution in [3.05, 3.63) is 17.0 Å². The summed E-state index contributed by atoms with van der Waals surface area (Å²) in [6, 6.07) is 0.246. The summed E-state index contributed by atoms with van der Waals surface area (Å²) in [5.74, 6) is -1.09. The maximum Gasteiger partial charge on any atom is 0.339 e. The summed E-state index contributed by atoms with van der Waals surface area (Å²) < 4.78 is 1.48. The minimum Gasteiger partial charge on any atom is -0.478 e. The van der Waals surface area contributed by atoms with Crippen molar-refractivity contribution in [2.75, 3.05) is 0 Å². The largest absolute Gasteiger partial charge is 0.478 e. The number of carboxylic acids is 1. The first-order valence-electron chi connectivity index (χ1n) is 7.55. The summed E-state index contributed by atoms with van der Waals surface area (Å²) in [4.78, 5) is 23.3. The quantitative estimate of drug-likeness (QED) is 0.832. The van der Waals surface area contributed by atoms with E-state index in [0.29, 0.717) is 11.4 Å². The molecular formula is C15H23N3O3. The van der Waals surface area contributed by atoms with Gasteiger partial charge in [0.15, 0.2) is 0 Å². The number of amides is 1. The van der Waals surface area contributed by atoms with Crippen LogP contribution in [0, 0.1) is 13.8 Å². The second kappa shape index (κ2) is 6.74. The highest BCUT2D eigenvalue weighted by atomic mass is 16.4. The molecule has 1 aromatic rings. The van der Waals surface area contributed by atoms with Crippen molar-refractivity contribution >= 4 is 11.9 Å². The molecule has 116 valence electrons. The maximum absolute atomic E-state index is 12.1. The molecule has 1 heterocycles. The normalized spacial score (nSPS) is 16.5. The van der Waals surface area contributed by atoms with Gasteiger partial charge in [0.25, 0.3) is 0 Å². The molecule has 0 saturated heterocycles. The van der Waals surface area contributed by atoms with Gasteiger partial charge in [0, 0.05) is 6.04 Å². The van der Waals surface area contributed by atoms with Gasteiger partial charge in [0.1, 0.15) is 12.1 Å². The smallest absolute Gasteiger partial charge is 0.339 e. The Balaban J connectivity index is 1.99. The first kappa shape index (κ1) is 15.5. The zero-order valence-corrected chi connectivity index (χ0v) is 12.7. The summed E-state index contributed by atoms with van der Waals surface area (Å²) in [6.07, 6.45) is 6.87. The number of hydrogen-bond donors (Lipinski definition) is 2. The third-order valence-corrected chi connectivity index (χ3v) is 4.11. The van der Waals surface area contributed by atoms with E-state index in [1.54, 1.807) is 13.8 Å². The van der Waals surface area contributed by atoms with Crippen molar-refractivity contribution in [2.45, 2.75) is 65.0 Å². The molecular weight excluding hydrogens is 270 g/mol.